The standard InChI is InChI=1S/C14H13NO5S/c1-18-5-4-11-15-12(13(21-11)14(16)17)8-2-3-9-10(6-8)20-7-19-9/h2-3,6H,4-5,7H2,1H3,(H,16,17). The van der Waals surface area contributed by atoms with Crippen LogP contribution in [0.1, 0.15) is 14.7 Å². The third-order valence-corrected chi connectivity index (χ3v) is 4.13. The second-order valence-electron chi connectivity index (χ2n) is 4.40. The fourth-order valence-electron chi connectivity index (χ4n) is 2.05. The van der Waals surface area contributed by atoms with E-state index in [1.54, 1.807) is 25.3 Å². The highest BCUT2D eigenvalue weighted by atomic mass is 32.1. The Labute approximate surface area is 124 Å². The van der Waals surface area contributed by atoms with Crippen LogP contribution in [-0.2, 0) is 11.2 Å². The number of carboxylic acids is 1. The number of thiazole rings is 1. The van der Waals surface area contributed by atoms with Crippen molar-refractivity contribution in [3.8, 4) is 22.8 Å². The van der Waals surface area contributed by atoms with Crippen LogP contribution in [0.25, 0.3) is 11.3 Å². The van der Waals surface area contributed by atoms with Crippen LogP contribution in [0.4, 0.5) is 0 Å². The summed E-state index contributed by atoms with van der Waals surface area (Å²) in [5, 5.41) is 10.1. The highest BCUT2D eigenvalue weighted by molar-refractivity contribution is 7.14. The van der Waals surface area contributed by atoms with E-state index in [4.69, 9.17) is 14.2 Å². The summed E-state index contributed by atoms with van der Waals surface area (Å²) < 4.78 is 15.6. The lowest BCUT2D eigenvalue weighted by atomic mass is 10.1. The summed E-state index contributed by atoms with van der Waals surface area (Å²) in [4.78, 5) is 16.0. The molecule has 0 amide bonds. The molecule has 0 radical (unpaired) electrons. The van der Waals surface area contributed by atoms with Crippen LogP contribution in [0, 0.1) is 0 Å². The molecule has 0 aliphatic carbocycles. The lowest BCUT2D eigenvalue weighted by Gasteiger charge is -2.01. The second-order valence-corrected chi connectivity index (χ2v) is 5.48. The number of hydrogen-bond acceptors (Lipinski definition) is 6. The molecule has 0 unspecified atom stereocenters. The van der Waals surface area contributed by atoms with Gasteiger partial charge in [0.2, 0.25) is 6.79 Å². The molecule has 3 rings (SSSR count). The molecule has 0 atom stereocenters. The van der Waals surface area contributed by atoms with Gasteiger partial charge in [-0.2, -0.15) is 0 Å². The van der Waals surface area contributed by atoms with Gasteiger partial charge in [0.05, 0.1) is 17.3 Å². The van der Waals surface area contributed by atoms with Crippen LogP contribution in [0.3, 0.4) is 0 Å². The van der Waals surface area contributed by atoms with Crippen molar-refractivity contribution in [3.63, 3.8) is 0 Å². The number of aromatic carboxylic acids is 1. The van der Waals surface area contributed by atoms with Gasteiger partial charge in [0.1, 0.15) is 4.88 Å². The first kappa shape index (κ1) is 13.8. The summed E-state index contributed by atoms with van der Waals surface area (Å²) in [7, 11) is 1.60. The number of carbonyl (C=O) groups is 1. The van der Waals surface area contributed by atoms with Crippen LogP contribution >= 0.6 is 11.3 Å². The first-order valence-electron chi connectivity index (χ1n) is 6.31. The van der Waals surface area contributed by atoms with Crippen molar-refractivity contribution in [2.75, 3.05) is 20.5 Å². The molecule has 21 heavy (non-hydrogen) atoms. The molecule has 1 aromatic carbocycles. The van der Waals surface area contributed by atoms with Crippen LogP contribution in [0.2, 0.25) is 0 Å². The molecule has 2 aromatic rings. The minimum Gasteiger partial charge on any atom is -0.477 e. The number of nitrogens with zero attached hydrogens (tertiary/aromatic N) is 1. The van der Waals surface area contributed by atoms with Crippen LogP contribution in [-0.4, -0.2) is 36.6 Å². The van der Waals surface area contributed by atoms with E-state index in [1.165, 1.54) is 11.3 Å². The average Bonchev–Trinajstić information content (AvgIpc) is 3.10. The number of fused-ring (bicyclic) bond motifs is 1. The van der Waals surface area contributed by atoms with Gasteiger partial charge in [0.25, 0.3) is 0 Å². The molecule has 0 fully saturated rings. The maximum atomic E-state index is 11.4. The van der Waals surface area contributed by atoms with E-state index in [2.05, 4.69) is 4.98 Å². The Morgan fingerprint density at radius 3 is 3.00 bits per heavy atom. The highest BCUT2D eigenvalue weighted by Gasteiger charge is 2.21. The summed E-state index contributed by atoms with van der Waals surface area (Å²) in [6, 6.07) is 5.30. The van der Waals surface area contributed by atoms with Gasteiger partial charge in [0, 0.05) is 19.1 Å². The summed E-state index contributed by atoms with van der Waals surface area (Å²) in [6.07, 6.45) is 0.589. The summed E-state index contributed by atoms with van der Waals surface area (Å²) in [5.41, 5.74) is 1.16. The van der Waals surface area contributed by atoms with Gasteiger partial charge in [0.15, 0.2) is 11.5 Å². The molecule has 2 heterocycles. The number of carboxylic acid groups (broad SMARTS) is 1. The molecule has 6 nitrogen and oxygen atoms in total. The Bertz CT molecular complexity index is 682. The number of rotatable bonds is 5. The van der Waals surface area contributed by atoms with Crippen LogP contribution < -0.4 is 9.47 Å². The number of hydrogen-bond donors (Lipinski definition) is 1. The van der Waals surface area contributed by atoms with Crippen molar-refractivity contribution in [1.82, 2.24) is 4.98 Å². The van der Waals surface area contributed by atoms with Crippen molar-refractivity contribution >= 4 is 17.3 Å². The summed E-state index contributed by atoms with van der Waals surface area (Å²) >= 11 is 1.17. The van der Waals surface area contributed by atoms with Crippen molar-refractivity contribution in [2.45, 2.75) is 6.42 Å². The van der Waals surface area contributed by atoms with Crippen molar-refractivity contribution < 1.29 is 24.1 Å². The van der Waals surface area contributed by atoms with Gasteiger partial charge >= 0.3 is 5.97 Å². The van der Waals surface area contributed by atoms with Crippen LogP contribution in [0.5, 0.6) is 11.5 Å². The van der Waals surface area contributed by atoms with E-state index < -0.39 is 5.97 Å². The minimum atomic E-state index is -0.983. The zero-order valence-corrected chi connectivity index (χ0v) is 12.1. The fourth-order valence-corrected chi connectivity index (χ4v) is 2.95. The van der Waals surface area contributed by atoms with Gasteiger partial charge in [-0.3, -0.25) is 0 Å². The molecule has 1 N–H and O–H groups in total. The molecule has 0 saturated carbocycles. The van der Waals surface area contributed by atoms with Gasteiger partial charge in [-0.1, -0.05) is 0 Å². The van der Waals surface area contributed by atoms with E-state index in [0.717, 1.165) is 5.01 Å². The van der Waals surface area contributed by atoms with Crippen molar-refractivity contribution in [1.29, 1.82) is 0 Å². The third-order valence-electron chi connectivity index (χ3n) is 3.03. The van der Waals surface area contributed by atoms with Crippen molar-refractivity contribution in [3.05, 3.63) is 28.1 Å². The van der Waals surface area contributed by atoms with E-state index in [0.29, 0.717) is 35.8 Å². The van der Waals surface area contributed by atoms with E-state index in [9.17, 15) is 9.90 Å². The Hall–Kier alpha value is -2.12. The molecule has 1 aliphatic heterocycles. The van der Waals surface area contributed by atoms with E-state index in [1.807, 2.05) is 0 Å². The normalized spacial score (nSPS) is 12.6. The smallest absolute Gasteiger partial charge is 0.348 e. The molecule has 1 aliphatic rings. The Kier molecular flexibility index (Phi) is 3.76. The predicted octanol–water partition coefficient (Wildman–Crippen LogP) is 2.43. The van der Waals surface area contributed by atoms with E-state index >= 15 is 0 Å². The Balaban J connectivity index is 2.00. The molecular formula is C14H13NO5S. The maximum absolute atomic E-state index is 11.4. The second kappa shape index (κ2) is 5.71. The Morgan fingerprint density at radius 2 is 2.24 bits per heavy atom. The van der Waals surface area contributed by atoms with Gasteiger partial charge in [-0.05, 0) is 18.2 Å². The quantitative estimate of drug-likeness (QED) is 0.914. The first-order chi connectivity index (χ1) is 10.2. The Morgan fingerprint density at radius 1 is 1.43 bits per heavy atom. The first-order valence-corrected chi connectivity index (χ1v) is 7.12. The van der Waals surface area contributed by atoms with Gasteiger partial charge < -0.3 is 19.3 Å². The largest absolute Gasteiger partial charge is 0.477 e. The molecule has 1 aromatic heterocycles. The SMILES string of the molecule is COCCc1nc(-c2ccc3c(c2)OCO3)c(C(=O)O)s1. The molecule has 0 bridgehead atoms. The number of ether oxygens (including phenoxy) is 3. The lowest BCUT2D eigenvalue weighted by molar-refractivity contribution is 0.0702. The van der Waals surface area contributed by atoms with Crippen LogP contribution in [0.15, 0.2) is 18.2 Å². The molecule has 0 spiro atoms. The number of aromatic nitrogens is 1. The fraction of sp³-hybridized carbons (Fsp3) is 0.286. The highest BCUT2D eigenvalue weighted by Crippen LogP contribution is 2.37. The number of benzene rings is 1. The molecule has 0 saturated heterocycles. The third kappa shape index (κ3) is 2.70. The minimum absolute atomic E-state index is 0.181. The lowest BCUT2D eigenvalue weighted by Crippen LogP contribution is -1.95. The topological polar surface area (TPSA) is 77.9 Å². The zero-order valence-electron chi connectivity index (χ0n) is 11.3. The average molecular weight is 307 g/mol. The molecule has 110 valence electrons. The number of methoxy groups -OCH3 is 1. The molecular weight excluding hydrogens is 294 g/mol. The maximum Gasteiger partial charge on any atom is 0.348 e. The molecule has 7 heteroatoms. The summed E-state index contributed by atoms with van der Waals surface area (Å²) in [6.45, 7) is 0.688. The van der Waals surface area contributed by atoms with Gasteiger partial charge in [-0.15, -0.1) is 11.3 Å². The predicted molar refractivity (Wildman–Crippen MR) is 76.2 cm³/mol. The van der Waals surface area contributed by atoms with E-state index in [-0.39, 0.29) is 11.7 Å². The monoisotopic (exact) mass is 307 g/mol. The van der Waals surface area contributed by atoms with Crippen molar-refractivity contribution in [2.24, 2.45) is 0 Å². The van der Waals surface area contributed by atoms with Gasteiger partial charge in [-0.25, -0.2) is 9.78 Å². The summed E-state index contributed by atoms with van der Waals surface area (Å²) in [5.74, 6) is 0.282. The zero-order chi connectivity index (χ0) is 14.8.